The molecular formula is C13H26N2. The molecule has 15 heavy (non-hydrogen) atoms. The van der Waals surface area contributed by atoms with Crippen molar-refractivity contribution in [2.45, 2.75) is 64.0 Å². The maximum absolute atomic E-state index is 3.79. The molecule has 0 spiro atoms. The third-order valence-electron chi connectivity index (χ3n) is 4.15. The van der Waals surface area contributed by atoms with E-state index in [4.69, 9.17) is 0 Å². The minimum absolute atomic E-state index is 0.750. The zero-order chi connectivity index (χ0) is 10.5. The van der Waals surface area contributed by atoms with E-state index in [9.17, 15) is 0 Å². The zero-order valence-electron chi connectivity index (χ0n) is 10.1. The van der Waals surface area contributed by atoms with E-state index in [-0.39, 0.29) is 0 Å². The van der Waals surface area contributed by atoms with E-state index >= 15 is 0 Å². The number of rotatable bonds is 3. The van der Waals surface area contributed by atoms with Gasteiger partial charge in [0.05, 0.1) is 0 Å². The van der Waals surface area contributed by atoms with E-state index in [1.807, 2.05) is 0 Å². The molecule has 1 aliphatic carbocycles. The number of hydrogen-bond acceptors (Lipinski definition) is 2. The summed E-state index contributed by atoms with van der Waals surface area (Å²) in [5, 5.41) is 7.35. The molecule has 0 bridgehead atoms. The van der Waals surface area contributed by atoms with E-state index in [1.165, 1.54) is 58.0 Å². The van der Waals surface area contributed by atoms with Gasteiger partial charge in [-0.15, -0.1) is 0 Å². The van der Waals surface area contributed by atoms with Crippen LogP contribution >= 0.6 is 0 Å². The van der Waals surface area contributed by atoms with Crippen LogP contribution in [0.25, 0.3) is 0 Å². The van der Waals surface area contributed by atoms with Gasteiger partial charge in [0.1, 0.15) is 0 Å². The van der Waals surface area contributed by atoms with E-state index in [0.717, 1.165) is 18.0 Å². The van der Waals surface area contributed by atoms with Crippen molar-refractivity contribution in [2.24, 2.45) is 5.92 Å². The van der Waals surface area contributed by atoms with Gasteiger partial charge in [0.2, 0.25) is 0 Å². The van der Waals surface area contributed by atoms with Crippen molar-refractivity contribution in [2.75, 3.05) is 13.1 Å². The Hall–Kier alpha value is -0.0800. The van der Waals surface area contributed by atoms with Crippen LogP contribution in [0.15, 0.2) is 0 Å². The first-order chi connectivity index (χ1) is 7.36. The van der Waals surface area contributed by atoms with Gasteiger partial charge in [-0.2, -0.15) is 0 Å². The Labute approximate surface area is 94.2 Å². The second kappa shape index (κ2) is 5.86. The van der Waals surface area contributed by atoms with Gasteiger partial charge < -0.3 is 10.6 Å². The van der Waals surface area contributed by atoms with E-state index < -0.39 is 0 Å². The van der Waals surface area contributed by atoms with E-state index in [0.29, 0.717) is 0 Å². The van der Waals surface area contributed by atoms with Crippen molar-refractivity contribution >= 4 is 0 Å². The highest BCUT2D eigenvalue weighted by Gasteiger charge is 2.21. The van der Waals surface area contributed by atoms with Crippen molar-refractivity contribution in [1.29, 1.82) is 0 Å². The average Bonchev–Trinajstić information content (AvgIpc) is 2.67. The van der Waals surface area contributed by atoms with Gasteiger partial charge >= 0.3 is 0 Å². The van der Waals surface area contributed by atoms with Gasteiger partial charge in [-0.05, 0) is 38.1 Å². The fourth-order valence-electron chi connectivity index (χ4n) is 3.02. The van der Waals surface area contributed by atoms with Crippen molar-refractivity contribution in [3.63, 3.8) is 0 Å². The molecule has 2 fully saturated rings. The SMILES string of the molecule is CC1CCCCCC1NCC1CCCN1. The van der Waals surface area contributed by atoms with Crippen molar-refractivity contribution < 1.29 is 0 Å². The minimum Gasteiger partial charge on any atom is -0.313 e. The molecule has 0 aromatic carbocycles. The summed E-state index contributed by atoms with van der Waals surface area (Å²) < 4.78 is 0. The summed E-state index contributed by atoms with van der Waals surface area (Å²) in [4.78, 5) is 0. The van der Waals surface area contributed by atoms with Crippen LogP contribution in [-0.4, -0.2) is 25.2 Å². The van der Waals surface area contributed by atoms with E-state index in [1.54, 1.807) is 0 Å². The second-order valence-electron chi connectivity index (χ2n) is 5.42. The summed E-state index contributed by atoms with van der Waals surface area (Å²) in [6.45, 7) is 4.84. The van der Waals surface area contributed by atoms with Crippen LogP contribution in [0.1, 0.15) is 51.9 Å². The van der Waals surface area contributed by atoms with Gasteiger partial charge in [-0.25, -0.2) is 0 Å². The largest absolute Gasteiger partial charge is 0.313 e. The Morgan fingerprint density at radius 3 is 2.73 bits per heavy atom. The predicted octanol–water partition coefficient (Wildman–Crippen LogP) is 2.30. The van der Waals surface area contributed by atoms with Crippen LogP contribution in [-0.2, 0) is 0 Å². The minimum atomic E-state index is 0.750. The first-order valence-corrected chi connectivity index (χ1v) is 6.83. The summed E-state index contributed by atoms with van der Waals surface area (Å²) in [6.07, 6.45) is 9.88. The zero-order valence-corrected chi connectivity index (χ0v) is 10.1. The van der Waals surface area contributed by atoms with Crippen LogP contribution in [0.5, 0.6) is 0 Å². The molecule has 2 nitrogen and oxygen atoms in total. The molecule has 0 aromatic heterocycles. The average molecular weight is 210 g/mol. The highest BCUT2D eigenvalue weighted by atomic mass is 15.0. The Kier molecular flexibility index (Phi) is 4.45. The monoisotopic (exact) mass is 210 g/mol. The lowest BCUT2D eigenvalue weighted by molar-refractivity contribution is 0.344. The Morgan fingerprint density at radius 2 is 1.93 bits per heavy atom. The highest BCUT2D eigenvalue weighted by molar-refractivity contribution is 4.81. The molecule has 3 unspecified atom stereocenters. The van der Waals surface area contributed by atoms with Gasteiger partial charge in [0.25, 0.3) is 0 Å². The first-order valence-electron chi connectivity index (χ1n) is 6.83. The smallest absolute Gasteiger partial charge is 0.0193 e. The van der Waals surface area contributed by atoms with Gasteiger partial charge in [-0.1, -0.05) is 26.2 Å². The second-order valence-corrected chi connectivity index (χ2v) is 5.42. The molecule has 2 aliphatic rings. The normalized spacial score (nSPS) is 37.8. The van der Waals surface area contributed by atoms with Crippen molar-refractivity contribution in [3.05, 3.63) is 0 Å². The molecule has 3 atom stereocenters. The third-order valence-corrected chi connectivity index (χ3v) is 4.15. The fraction of sp³-hybridized carbons (Fsp3) is 1.00. The molecule has 0 amide bonds. The third kappa shape index (κ3) is 3.46. The van der Waals surface area contributed by atoms with Crippen LogP contribution in [0, 0.1) is 5.92 Å². The molecule has 2 rings (SSSR count). The van der Waals surface area contributed by atoms with Crippen molar-refractivity contribution in [3.8, 4) is 0 Å². The first kappa shape index (κ1) is 11.4. The molecule has 88 valence electrons. The molecule has 1 saturated carbocycles. The van der Waals surface area contributed by atoms with E-state index in [2.05, 4.69) is 17.6 Å². The van der Waals surface area contributed by atoms with Crippen molar-refractivity contribution in [1.82, 2.24) is 10.6 Å². The van der Waals surface area contributed by atoms with Crippen LogP contribution in [0.2, 0.25) is 0 Å². The molecule has 2 heteroatoms. The quantitative estimate of drug-likeness (QED) is 0.698. The maximum Gasteiger partial charge on any atom is 0.0193 e. The molecule has 0 radical (unpaired) electrons. The Bertz CT molecular complexity index is 175. The van der Waals surface area contributed by atoms with Gasteiger partial charge in [0.15, 0.2) is 0 Å². The molecular weight excluding hydrogens is 184 g/mol. The van der Waals surface area contributed by atoms with Crippen LogP contribution in [0.3, 0.4) is 0 Å². The number of nitrogens with one attached hydrogen (secondary N) is 2. The van der Waals surface area contributed by atoms with Crippen LogP contribution < -0.4 is 10.6 Å². The summed E-state index contributed by atoms with van der Waals surface area (Å²) >= 11 is 0. The highest BCUT2D eigenvalue weighted by Crippen LogP contribution is 2.23. The molecule has 1 saturated heterocycles. The Morgan fingerprint density at radius 1 is 1.07 bits per heavy atom. The summed E-state index contributed by atoms with van der Waals surface area (Å²) in [5.41, 5.74) is 0. The lowest BCUT2D eigenvalue weighted by Gasteiger charge is -2.24. The standard InChI is InChI=1S/C13H26N2/c1-11-6-3-2-4-8-13(11)15-10-12-7-5-9-14-12/h11-15H,2-10H2,1H3. The summed E-state index contributed by atoms with van der Waals surface area (Å²) in [7, 11) is 0. The molecule has 1 heterocycles. The molecule has 2 N–H and O–H groups in total. The predicted molar refractivity (Wildman–Crippen MR) is 65.1 cm³/mol. The lowest BCUT2D eigenvalue weighted by atomic mass is 9.97. The van der Waals surface area contributed by atoms with Crippen LogP contribution in [0.4, 0.5) is 0 Å². The number of hydrogen-bond donors (Lipinski definition) is 2. The van der Waals surface area contributed by atoms with Gasteiger partial charge in [-0.3, -0.25) is 0 Å². The lowest BCUT2D eigenvalue weighted by Crippen LogP contribution is -2.42. The Balaban J connectivity index is 1.71. The maximum atomic E-state index is 3.79. The summed E-state index contributed by atoms with van der Waals surface area (Å²) in [6, 6.07) is 1.54. The summed E-state index contributed by atoms with van der Waals surface area (Å²) in [5.74, 6) is 0.883. The molecule has 0 aromatic rings. The fourth-order valence-corrected chi connectivity index (χ4v) is 3.02. The van der Waals surface area contributed by atoms with Gasteiger partial charge in [0, 0.05) is 18.6 Å². The molecule has 1 aliphatic heterocycles. The topological polar surface area (TPSA) is 24.1 Å².